The van der Waals surface area contributed by atoms with Gasteiger partial charge in [0.1, 0.15) is 11.8 Å². The minimum Gasteiger partial charge on any atom is -0.345 e. The maximum atomic E-state index is 12.4. The van der Waals surface area contributed by atoms with Crippen LogP contribution in [0.2, 0.25) is 0 Å². The van der Waals surface area contributed by atoms with Crippen LogP contribution in [-0.4, -0.2) is 53.4 Å². The Balaban J connectivity index is 1.69. The van der Waals surface area contributed by atoms with E-state index in [0.717, 1.165) is 5.56 Å². The second kappa shape index (κ2) is 13.4. The molecule has 1 unspecified atom stereocenters. The number of hydrogen-bond acceptors (Lipinski definition) is 6. The molecule has 0 radical (unpaired) electrons. The molecule has 0 aromatic heterocycles. The molecule has 34 heavy (non-hydrogen) atoms. The highest BCUT2D eigenvalue weighted by Gasteiger charge is 2.25. The van der Waals surface area contributed by atoms with Crippen molar-refractivity contribution in [3.05, 3.63) is 29.8 Å². The monoisotopic (exact) mass is 474 g/mol. The highest BCUT2D eigenvalue weighted by atomic mass is 16.6. The third-order valence-electron chi connectivity index (χ3n) is 5.73. The van der Waals surface area contributed by atoms with E-state index in [9.17, 15) is 24.0 Å². The average molecular weight is 475 g/mol. The summed E-state index contributed by atoms with van der Waals surface area (Å²) in [4.78, 5) is 66.3. The lowest BCUT2D eigenvalue weighted by Gasteiger charge is -2.30. The van der Waals surface area contributed by atoms with E-state index < -0.39 is 6.04 Å². The topological polar surface area (TPSA) is 134 Å². The van der Waals surface area contributed by atoms with E-state index in [-0.39, 0.29) is 54.8 Å². The van der Waals surface area contributed by atoms with Gasteiger partial charge in [-0.1, -0.05) is 19.1 Å². The Morgan fingerprint density at radius 2 is 1.68 bits per heavy atom. The van der Waals surface area contributed by atoms with Gasteiger partial charge in [0.2, 0.25) is 23.6 Å². The summed E-state index contributed by atoms with van der Waals surface area (Å²) >= 11 is 0. The van der Waals surface area contributed by atoms with E-state index in [2.05, 4.69) is 16.1 Å². The summed E-state index contributed by atoms with van der Waals surface area (Å²) < 4.78 is 0. The summed E-state index contributed by atoms with van der Waals surface area (Å²) in [5.74, 6) is -0.918. The molecule has 186 valence electrons. The van der Waals surface area contributed by atoms with Gasteiger partial charge < -0.3 is 15.5 Å². The van der Waals surface area contributed by atoms with Crippen molar-refractivity contribution in [2.75, 3.05) is 18.4 Å². The minimum absolute atomic E-state index is 0.00758. The summed E-state index contributed by atoms with van der Waals surface area (Å²) in [6, 6.07) is 6.12. The fourth-order valence-electron chi connectivity index (χ4n) is 3.50. The average Bonchev–Trinajstić information content (AvgIpc) is 2.83. The maximum absolute atomic E-state index is 12.4. The highest BCUT2D eigenvalue weighted by molar-refractivity contribution is 5.97. The molecular weight excluding hydrogens is 440 g/mol. The summed E-state index contributed by atoms with van der Waals surface area (Å²) in [6.07, 6.45) is 1.71. The second-order valence-electron chi connectivity index (χ2n) is 8.41. The van der Waals surface area contributed by atoms with Crippen LogP contribution in [-0.2, 0) is 35.4 Å². The summed E-state index contributed by atoms with van der Waals surface area (Å²) in [7, 11) is 0. The number of ketones is 1. The fraction of sp³-hybridized carbons (Fsp3) is 0.542. The molecule has 0 aliphatic carbocycles. The van der Waals surface area contributed by atoms with Gasteiger partial charge in [-0.2, -0.15) is 0 Å². The molecule has 2 rings (SSSR count). The van der Waals surface area contributed by atoms with Crippen molar-refractivity contribution in [3.8, 4) is 0 Å². The maximum Gasteiger partial charge on any atom is 0.246 e. The van der Waals surface area contributed by atoms with E-state index in [1.54, 1.807) is 49.9 Å². The molecule has 0 spiro atoms. The van der Waals surface area contributed by atoms with Crippen LogP contribution in [0.1, 0.15) is 58.4 Å². The van der Waals surface area contributed by atoms with Crippen molar-refractivity contribution in [2.45, 2.75) is 65.5 Å². The van der Waals surface area contributed by atoms with Gasteiger partial charge >= 0.3 is 0 Å². The molecule has 1 heterocycles. The number of nitrogens with one attached hydrogen (secondary N) is 3. The van der Waals surface area contributed by atoms with Crippen LogP contribution < -0.4 is 16.1 Å². The molecule has 1 atom stereocenters. The number of Topliss-reactive ketones (excluding diaryl/α,β-unsaturated/α-hetero) is 1. The molecule has 4 amide bonds. The number of benzene rings is 1. The molecule has 1 saturated heterocycles. The second-order valence-corrected chi connectivity index (χ2v) is 8.41. The number of hydroxylamine groups is 1. The number of carbonyl (C=O) groups is 5. The van der Waals surface area contributed by atoms with Gasteiger partial charge in [0.05, 0.1) is 6.61 Å². The third-order valence-corrected chi connectivity index (χ3v) is 5.73. The van der Waals surface area contributed by atoms with Crippen molar-refractivity contribution in [1.82, 2.24) is 15.7 Å². The van der Waals surface area contributed by atoms with E-state index in [0.29, 0.717) is 38.0 Å². The number of likely N-dealkylation sites (tertiary alicyclic amines) is 1. The first kappa shape index (κ1) is 27.0. The summed E-state index contributed by atoms with van der Waals surface area (Å²) in [5.41, 5.74) is 3.68. The number of amides is 4. The zero-order valence-electron chi connectivity index (χ0n) is 20.0. The smallest absolute Gasteiger partial charge is 0.246 e. The van der Waals surface area contributed by atoms with Crippen molar-refractivity contribution in [2.24, 2.45) is 5.92 Å². The van der Waals surface area contributed by atoms with E-state index in [1.807, 2.05) is 0 Å². The van der Waals surface area contributed by atoms with Crippen LogP contribution in [0.5, 0.6) is 0 Å². The van der Waals surface area contributed by atoms with Gasteiger partial charge in [0.15, 0.2) is 0 Å². The van der Waals surface area contributed by atoms with Crippen LogP contribution in [0, 0.1) is 5.92 Å². The Labute approximate surface area is 199 Å². The predicted octanol–water partition coefficient (Wildman–Crippen LogP) is 1.70. The molecule has 3 N–H and O–H groups in total. The Hall–Kier alpha value is -3.27. The van der Waals surface area contributed by atoms with Crippen LogP contribution in [0.25, 0.3) is 0 Å². The van der Waals surface area contributed by atoms with Gasteiger partial charge in [-0.15, -0.1) is 0 Å². The molecule has 10 nitrogen and oxygen atoms in total. The van der Waals surface area contributed by atoms with E-state index in [4.69, 9.17) is 4.84 Å². The zero-order chi connectivity index (χ0) is 25.1. The number of carbonyl (C=O) groups excluding carboxylic acids is 5. The Bertz CT molecular complexity index is 878. The molecule has 0 saturated carbocycles. The van der Waals surface area contributed by atoms with Crippen molar-refractivity contribution >= 4 is 35.1 Å². The quantitative estimate of drug-likeness (QED) is 0.418. The summed E-state index contributed by atoms with van der Waals surface area (Å²) in [5, 5.41) is 5.33. The van der Waals surface area contributed by atoms with Gasteiger partial charge in [-0.3, -0.25) is 28.8 Å². The van der Waals surface area contributed by atoms with Gasteiger partial charge in [0.25, 0.3) is 0 Å². The number of piperidine rings is 1. The first-order valence-electron chi connectivity index (χ1n) is 11.6. The number of rotatable bonds is 11. The lowest BCUT2D eigenvalue weighted by atomic mass is 9.93. The molecule has 1 aromatic rings. The third kappa shape index (κ3) is 8.93. The predicted molar refractivity (Wildman–Crippen MR) is 125 cm³/mol. The van der Waals surface area contributed by atoms with Crippen LogP contribution in [0.15, 0.2) is 24.3 Å². The first-order chi connectivity index (χ1) is 16.2. The van der Waals surface area contributed by atoms with Crippen LogP contribution in [0.3, 0.4) is 0 Å². The van der Waals surface area contributed by atoms with Crippen molar-refractivity contribution < 1.29 is 28.8 Å². The zero-order valence-corrected chi connectivity index (χ0v) is 20.0. The highest BCUT2D eigenvalue weighted by Crippen LogP contribution is 2.18. The standard InChI is InChI=1S/C24H34N4O6/c1-4-21(30)27-34-15-18-5-7-20(8-6-18)26-24(33)16(2)25-22(31)9-10-23(32)28-13-11-19(12-14-28)17(3)29/h5-8,16,19H,4,9-15H2,1-3H3,(H,25,31)(H,26,33)(H,27,30). The van der Waals surface area contributed by atoms with E-state index >= 15 is 0 Å². The lowest BCUT2D eigenvalue weighted by Crippen LogP contribution is -2.43. The molecular formula is C24H34N4O6. The fourth-order valence-corrected chi connectivity index (χ4v) is 3.50. The van der Waals surface area contributed by atoms with Crippen molar-refractivity contribution in [1.29, 1.82) is 0 Å². The van der Waals surface area contributed by atoms with E-state index in [1.165, 1.54) is 0 Å². The number of anilines is 1. The number of nitrogens with zero attached hydrogens (tertiary/aromatic N) is 1. The molecule has 1 aliphatic rings. The van der Waals surface area contributed by atoms with Crippen molar-refractivity contribution in [3.63, 3.8) is 0 Å². The normalized spacial score (nSPS) is 14.7. The first-order valence-corrected chi connectivity index (χ1v) is 11.6. The Morgan fingerprint density at radius 3 is 2.26 bits per heavy atom. The molecule has 1 fully saturated rings. The van der Waals surface area contributed by atoms with Gasteiger partial charge in [0, 0.05) is 44.0 Å². The molecule has 0 bridgehead atoms. The van der Waals surface area contributed by atoms with Crippen LogP contribution in [0.4, 0.5) is 5.69 Å². The lowest BCUT2D eigenvalue weighted by molar-refractivity contribution is -0.136. The Morgan fingerprint density at radius 1 is 1.03 bits per heavy atom. The molecule has 1 aliphatic heterocycles. The number of hydrogen-bond donors (Lipinski definition) is 3. The SMILES string of the molecule is CCC(=O)NOCc1ccc(NC(=O)C(C)NC(=O)CCC(=O)N2CCC(C(C)=O)CC2)cc1. The van der Waals surface area contributed by atoms with Gasteiger partial charge in [-0.25, -0.2) is 5.48 Å². The largest absolute Gasteiger partial charge is 0.345 e. The molecule has 1 aromatic carbocycles. The summed E-state index contributed by atoms with van der Waals surface area (Å²) in [6.45, 7) is 6.12. The molecule has 10 heteroatoms. The van der Waals surface area contributed by atoms with Crippen LogP contribution >= 0.6 is 0 Å². The minimum atomic E-state index is -0.777. The van der Waals surface area contributed by atoms with Gasteiger partial charge in [-0.05, 0) is 44.4 Å². The Kier molecular flexibility index (Phi) is 10.7.